The van der Waals surface area contributed by atoms with E-state index in [2.05, 4.69) is 67.2 Å². The predicted octanol–water partition coefficient (Wildman–Crippen LogP) is 2.13. The summed E-state index contributed by atoms with van der Waals surface area (Å²) >= 11 is 0. The van der Waals surface area contributed by atoms with Crippen LogP contribution in [0, 0.1) is 5.92 Å². The van der Waals surface area contributed by atoms with Gasteiger partial charge >= 0.3 is 0 Å². The summed E-state index contributed by atoms with van der Waals surface area (Å²) in [5, 5.41) is 3.50. The van der Waals surface area contributed by atoms with Crippen LogP contribution in [0.3, 0.4) is 0 Å². The van der Waals surface area contributed by atoms with E-state index >= 15 is 0 Å². The predicted molar refractivity (Wildman–Crippen MR) is 126 cm³/mol. The number of likely N-dealkylation sites (tertiary alicyclic amines) is 1. The molecule has 7 heteroatoms. The summed E-state index contributed by atoms with van der Waals surface area (Å²) in [5.74, 6) is 2.54. The number of rotatable bonds is 7. The Morgan fingerprint density at radius 2 is 1.81 bits per heavy atom. The lowest BCUT2D eigenvalue weighted by atomic mass is 10.1. The molecule has 0 saturated carbocycles. The van der Waals surface area contributed by atoms with Crippen molar-refractivity contribution in [1.82, 2.24) is 25.1 Å². The largest absolute Gasteiger partial charge is 0.357 e. The number of nitrogens with one attached hydrogen (secondary N) is 1. The molecule has 7 nitrogen and oxygen atoms in total. The summed E-state index contributed by atoms with van der Waals surface area (Å²) in [6.07, 6.45) is 6.00. The normalized spacial score (nSPS) is 20.3. The molecule has 4 rings (SSSR count). The number of guanidine groups is 1. The minimum atomic E-state index is 0.656. The molecule has 31 heavy (non-hydrogen) atoms. The van der Waals surface area contributed by atoms with E-state index in [1.165, 1.54) is 18.5 Å². The van der Waals surface area contributed by atoms with E-state index < -0.39 is 0 Å². The average molecular weight is 422 g/mol. The Kier molecular flexibility index (Phi) is 7.71. The minimum Gasteiger partial charge on any atom is -0.357 e. The smallest absolute Gasteiger partial charge is 0.225 e. The standard InChI is InChI=1S/C24H35N7/c1-2-25-23(30-15-17-31(18-16-30)24-26-11-6-12-27-24)28-19-22-10-14-29(20-22)13-9-21-7-4-3-5-8-21/h3-8,11-12,22H,2,9-10,13-20H2,1H3,(H,25,28). The van der Waals surface area contributed by atoms with Crippen molar-refractivity contribution >= 4 is 11.9 Å². The first-order valence-corrected chi connectivity index (χ1v) is 11.6. The fraction of sp³-hybridized carbons (Fsp3) is 0.542. The minimum absolute atomic E-state index is 0.656. The second kappa shape index (κ2) is 11.1. The summed E-state index contributed by atoms with van der Waals surface area (Å²) in [7, 11) is 0. The van der Waals surface area contributed by atoms with Crippen LogP contribution in [0.25, 0.3) is 0 Å². The second-order valence-electron chi connectivity index (χ2n) is 8.41. The first-order valence-electron chi connectivity index (χ1n) is 11.6. The van der Waals surface area contributed by atoms with E-state index in [4.69, 9.17) is 4.99 Å². The zero-order valence-corrected chi connectivity index (χ0v) is 18.7. The molecule has 1 unspecified atom stereocenters. The highest BCUT2D eigenvalue weighted by Crippen LogP contribution is 2.17. The quantitative estimate of drug-likeness (QED) is 0.546. The molecule has 2 aromatic rings. The summed E-state index contributed by atoms with van der Waals surface area (Å²) in [6, 6.07) is 12.7. The highest BCUT2D eigenvalue weighted by atomic mass is 15.4. The molecule has 0 amide bonds. The van der Waals surface area contributed by atoms with Gasteiger partial charge in [0.2, 0.25) is 5.95 Å². The lowest BCUT2D eigenvalue weighted by Crippen LogP contribution is -2.53. The third kappa shape index (κ3) is 6.17. The number of hydrogen-bond donors (Lipinski definition) is 1. The molecule has 3 heterocycles. The van der Waals surface area contributed by atoms with Crippen LogP contribution in [-0.2, 0) is 6.42 Å². The van der Waals surface area contributed by atoms with E-state index in [0.717, 1.165) is 70.7 Å². The summed E-state index contributed by atoms with van der Waals surface area (Å²) < 4.78 is 0. The molecule has 2 aliphatic rings. The van der Waals surface area contributed by atoms with Crippen LogP contribution in [0.2, 0.25) is 0 Å². The monoisotopic (exact) mass is 421 g/mol. The fourth-order valence-electron chi connectivity index (χ4n) is 4.41. The van der Waals surface area contributed by atoms with Gasteiger partial charge in [-0.25, -0.2) is 9.97 Å². The zero-order valence-electron chi connectivity index (χ0n) is 18.7. The molecule has 1 atom stereocenters. The SMILES string of the molecule is CCNC(=NCC1CCN(CCc2ccccc2)C1)N1CCN(c2ncccn2)CC1. The molecule has 0 bridgehead atoms. The number of aliphatic imine (C=N–C) groups is 1. The van der Waals surface area contributed by atoms with Crippen molar-refractivity contribution in [2.45, 2.75) is 19.8 Å². The summed E-state index contributed by atoms with van der Waals surface area (Å²) in [5.41, 5.74) is 1.43. The van der Waals surface area contributed by atoms with E-state index in [-0.39, 0.29) is 0 Å². The third-order valence-electron chi connectivity index (χ3n) is 6.18. The molecule has 2 fully saturated rings. The van der Waals surface area contributed by atoms with Crippen molar-refractivity contribution in [2.24, 2.45) is 10.9 Å². The average Bonchev–Trinajstić information content (AvgIpc) is 3.30. The zero-order chi connectivity index (χ0) is 21.3. The Labute approximate surface area is 186 Å². The lowest BCUT2D eigenvalue weighted by molar-refractivity contribution is 0.329. The van der Waals surface area contributed by atoms with Crippen molar-refractivity contribution in [3.63, 3.8) is 0 Å². The van der Waals surface area contributed by atoms with Crippen LogP contribution in [0.15, 0.2) is 53.8 Å². The van der Waals surface area contributed by atoms with Crippen LogP contribution in [0.1, 0.15) is 18.9 Å². The van der Waals surface area contributed by atoms with Gasteiger partial charge in [-0.3, -0.25) is 4.99 Å². The summed E-state index contributed by atoms with van der Waals surface area (Å²) in [4.78, 5) is 21.0. The first kappa shape index (κ1) is 21.6. The Balaban J connectivity index is 1.24. The molecule has 1 N–H and O–H groups in total. The van der Waals surface area contributed by atoms with Gasteiger partial charge in [0.25, 0.3) is 0 Å². The van der Waals surface area contributed by atoms with Gasteiger partial charge in [-0.05, 0) is 43.9 Å². The molecular weight excluding hydrogens is 386 g/mol. The van der Waals surface area contributed by atoms with Gasteiger partial charge in [-0.2, -0.15) is 0 Å². The maximum atomic E-state index is 5.02. The van der Waals surface area contributed by atoms with Gasteiger partial charge < -0.3 is 20.0 Å². The number of nitrogens with zero attached hydrogens (tertiary/aromatic N) is 6. The van der Waals surface area contributed by atoms with Crippen LogP contribution in [-0.4, -0.2) is 84.6 Å². The maximum Gasteiger partial charge on any atom is 0.225 e. The van der Waals surface area contributed by atoms with Crippen LogP contribution in [0.5, 0.6) is 0 Å². The lowest BCUT2D eigenvalue weighted by Gasteiger charge is -2.36. The highest BCUT2D eigenvalue weighted by molar-refractivity contribution is 5.80. The number of piperazine rings is 1. The second-order valence-corrected chi connectivity index (χ2v) is 8.41. The molecule has 2 aliphatic heterocycles. The highest BCUT2D eigenvalue weighted by Gasteiger charge is 2.24. The summed E-state index contributed by atoms with van der Waals surface area (Å²) in [6.45, 7) is 11.2. The van der Waals surface area contributed by atoms with Crippen LogP contribution < -0.4 is 10.2 Å². The van der Waals surface area contributed by atoms with Gasteiger partial charge in [-0.15, -0.1) is 0 Å². The number of benzene rings is 1. The van der Waals surface area contributed by atoms with Gasteiger partial charge in [0.05, 0.1) is 0 Å². The molecule has 2 saturated heterocycles. The van der Waals surface area contributed by atoms with Crippen molar-refractivity contribution in [3.8, 4) is 0 Å². The number of aromatic nitrogens is 2. The molecule has 166 valence electrons. The van der Waals surface area contributed by atoms with E-state index in [1.807, 2.05) is 18.5 Å². The van der Waals surface area contributed by atoms with E-state index in [1.54, 1.807) is 0 Å². The topological polar surface area (TPSA) is 59.9 Å². The Morgan fingerprint density at radius 3 is 2.55 bits per heavy atom. The molecule has 1 aromatic carbocycles. The first-order chi connectivity index (χ1) is 15.3. The number of anilines is 1. The maximum absolute atomic E-state index is 5.02. The van der Waals surface area contributed by atoms with Crippen molar-refractivity contribution < 1.29 is 0 Å². The molecule has 1 aromatic heterocycles. The van der Waals surface area contributed by atoms with E-state index in [0.29, 0.717) is 5.92 Å². The van der Waals surface area contributed by atoms with Crippen molar-refractivity contribution in [2.75, 3.05) is 63.8 Å². The Bertz CT molecular complexity index is 803. The molecule has 0 aliphatic carbocycles. The molecule has 0 spiro atoms. The van der Waals surface area contributed by atoms with Crippen LogP contribution >= 0.6 is 0 Å². The van der Waals surface area contributed by atoms with Crippen molar-refractivity contribution in [3.05, 3.63) is 54.4 Å². The fourth-order valence-corrected chi connectivity index (χ4v) is 4.41. The van der Waals surface area contributed by atoms with Crippen LogP contribution in [0.4, 0.5) is 5.95 Å². The van der Waals surface area contributed by atoms with Gasteiger partial charge in [-0.1, -0.05) is 30.3 Å². The third-order valence-corrected chi connectivity index (χ3v) is 6.18. The number of hydrogen-bond acceptors (Lipinski definition) is 5. The van der Waals surface area contributed by atoms with Gasteiger partial charge in [0.1, 0.15) is 0 Å². The van der Waals surface area contributed by atoms with Gasteiger partial charge in [0, 0.05) is 64.8 Å². The Morgan fingerprint density at radius 1 is 1.03 bits per heavy atom. The van der Waals surface area contributed by atoms with Gasteiger partial charge in [0.15, 0.2) is 5.96 Å². The van der Waals surface area contributed by atoms with Crippen molar-refractivity contribution in [1.29, 1.82) is 0 Å². The molecule has 0 radical (unpaired) electrons. The molecular formula is C24H35N7. The Hall–Kier alpha value is -2.67. The van der Waals surface area contributed by atoms with E-state index in [9.17, 15) is 0 Å².